The molecule has 2 aromatic carbocycles. The van der Waals surface area contributed by atoms with Gasteiger partial charge in [-0.2, -0.15) is 0 Å². The van der Waals surface area contributed by atoms with E-state index in [1.54, 1.807) is 37.4 Å². The molecule has 0 bridgehead atoms. The molecule has 132 valence electrons. The first kappa shape index (κ1) is 18.0. The highest BCUT2D eigenvalue weighted by atomic mass is 35.5. The van der Waals surface area contributed by atoms with Gasteiger partial charge in [0.15, 0.2) is 0 Å². The van der Waals surface area contributed by atoms with Crippen LogP contribution in [0.2, 0.25) is 10.0 Å². The number of hydrogen-bond donors (Lipinski definition) is 2. The third-order valence-corrected chi connectivity index (χ3v) is 3.95. The SMILES string of the molecule is COc1ccccc1Nc1ccc(C(=O)Nc2cc(Cl)cc(Cl)c2)cn1. The van der Waals surface area contributed by atoms with Crippen molar-refractivity contribution < 1.29 is 9.53 Å². The number of methoxy groups -OCH3 is 1. The van der Waals surface area contributed by atoms with Crippen LogP contribution in [0.5, 0.6) is 5.75 Å². The Hall–Kier alpha value is -2.76. The van der Waals surface area contributed by atoms with Crippen molar-refractivity contribution in [3.8, 4) is 5.75 Å². The second-order valence-corrected chi connectivity index (χ2v) is 6.24. The van der Waals surface area contributed by atoms with Gasteiger partial charge in [-0.25, -0.2) is 4.98 Å². The molecule has 0 atom stereocenters. The van der Waals surface area contributed by atoms with Gasteiger partial charge < -0.3 is 15.4 Å². The summed E-state index contributed by atoms with van der Waals surface area (Å²) in [6.45, 7) is 0. The van der Waals surface area contributed by atoms with Gasteiger partial charge in [0.05, 0.1) is 18.4 Å². The topological polar surface area (TPSA) is 63.2 Å². The predicted molar refractivity (Wildman–Crippen MR) is 105 cm³/mol. The molecule has 1 heterocycles. The molecule has 7 heteroatoms. The third kappa shape index (κ3) is 4.45. The Balaban J connectivity index is 1.71. The van der Waals surface area contributed by atoms with Gasteiger partial charge in [-0.05, 0) is 42.5 Å². The standard InChI is InChI=1S/C19H15Cl2N3O2/c1-26-17-5-3-2-4-16(17)24-18-7-6-12(11-22-18)19(25)23-15-9-13(20)8-14(21)10-15/h2-11H,1H3,(H,22,24)(H,23,25). The summed E-state index contributed by atoms with van der Waals surface area (Å²) in [4.78, 5) is 16.6. The van der Waals surface area contributed by atoms with Crippen LogP contribution in [-0.4, -0.2) is 18.0 Å². The summed E-state index contributed by atoms with van der Waals surface area (Å²) < 4.78 is 5.29. The lowest BCUT2D eigenvalue weighted by Gasteiger charge is -2.11. The minimum atomic E-state index is -0.306. The van der Waals surface area contributed by atoms with Gasteiger partial charge in [0.2, 0.25) is 0 Å². The molecular formula is C19H15Cl2N3O2. The zero-order valence-corrected chi connectivity index (χ0v) is 15.3. The van der Waals surface area contributed by atoms with E-state index >= 15 is 0 Å². The number of ether oxygens (including phenoxy) is 1. The van der Waals surface area contributed by atoms with Crippen molar-refractivity contribution in [3.05, 3.63) is 76.4 Å². The number of nitrogens with zero attached hydrogens (tertiary/aromatic N) is 1. The van der Waals surface area contributed by atoms with Crippen LogP contribution in [0.4, 0.5) is 17.2 Å². The lowest BCUT2D eigenvalue weighted by atomic mass is 10.2. The number of nitrogens with one attached hydrogen (secondary N) is 2. The Morgan fingerprint density at radius 3 is 2.42 bits per heavy atom. The molecule has 0 saturated heterocycles. The van der Waals surface area contributed by atoms with Crippen LogP contribution in [0.1, 0.15) is 10.4 Å². The van der Waals surface area contributed by atoms with E-state index in [9.17, 15) is 4.79 Å². The molecule has 26 heavy (non-hydrogen) atoms. The molecular weight excluding hydrogens is 373 g/mol. The first-order valence-corrected chi connectivity index (χ1v) is 8.44. The van der Waals surface area contributed by atoms with Crippen LogP contribution >= 0.6 is 23.2 Å². The molecule has 5 nitrogen and oxygen atoms in total. The second-order valence-electron chi connectivity index (χ2n) is 5.37. The first-order chi connectivity index (χ1) is 12.5. The minimum Gasteiger partial charge on any atom is -0.495 e. The van der Waals surface area contributed by atoms with Gasteiger partial charge in [-0.15, -0.1) is 0 Å². The monoisotopic (exact) mass is 387 g/mol. The van der Waals surface area contributed by atoms with Gasteiger partial charge in [0.25, 0.3) is 5.91 Å². The van der Waals surface area contributed by atoms with Gasteiger partial charge in [-0.1, -0.05) is 35.3 Å². The summed E-state index contributed by atoms with van der Waals surface area (Å²) in [6.07, 6.45) is 1.49. The number of aromatic nitrogens is 1. The van der Waals surface area contributed by atoms with E-state index in [0.29, 0.717) is 32.9 Å². The summed E-state index contributed by atoms with van der Waals surface area (Å²) in [5.74, 6) is 0.991. The quantitative estimate of drug-likeness (QED) is 0.615. The van der Waals surface area contributed by atoms with E-state index in [4.69, 9.17) is 27.9 Å². The van der Waals surface area contributed by atoms with E-state index in [1.807, 2.05) is 24.3 Å². The molecule has 0 aliphatic heterocycles. The average Bonchev–Trinajstić information content (AvgIpc) is 2.62. The number of anilines is 3. The van der Waals surface area contributed by atoms with Crippen LogP contribution in [0, 0.1) is 0 Å². The molecule has 3 rings (SSSR count). The maximum Gasteiger partial charge on any atom is 0.257 e. The van der Waals surface area contributed by atoms with Crippen molar-refractivity contribution in [2.45, 2.75) is 0 Å². The highest BCUT2D eigenvalue weighted by Crippen LogP contribution is 2.26. The Bertz CT molecular complexity index is 910. The van der Waals surface area contributed by atoms with Crippen molar-refractivity contribution in [2.75, 3.05) is 17.7 Å². The minimum absolute atomic E-state index is 0.306. The van der Waals surface area contributed by atoms with Crippen molar-refractivity contribution >= 4 is 46.3 Å². The van der Waals surface area contributed by atoms with Gasteiger partial charge in [-0.3, -0.25) is 4.79 Å². The number of para-hydroxylation sites is 2. The number of carbonyl (C=O) groups excluding carboxylic acids is 1. The number of pyridine rings is 1. The normalized spacial score (nSPS) is 10.3. The van der Waals surface area contributed by atoms with Gasteiger partial charge >= 0.3 is 0 Å². The Labute approximate surface area is 160 Å². The molecule has 0 spiro atoms. The molecule has 0 aliphatic carbocycles. The van der Waals surface area contributed by atoms with Gasteiger partial charge in [0, 0.05) is 21.9 Å². The molecule has 0 fully saturated rings. The fourth-order valence-electron chi connectivity index (χ4n) is 2.32. The van der Waals surface area contributed by atoms with E-state index in [-0.39, 0.29) is 5.91 Å². The smallest absolute Gasteiger partial charge is 0.257 e. The molecule has 1 aromatic heterocycles. The summed E-state index contributed by atoms with van der Waals surface area (Å²) in [7, 11) is 1.60. The molecule has 0 unspecified atom stereocenters. The van der Waals surface area contributed by atoms with E-state index < -0.39 is 0 Å². The Kier molecular flexibility index (Phi) is 5.61. The largest absolute Gasteiger partial charge is 0.495 e. The van der Waals surface area contributed by atoms with Crippen molar-refractivity contribution in [2.24, 2.45) is 0 Å². The van der Waals surface area contributed by atoms with E-state index in [0.717, 1.165) is 5.69 Å². The molecule has 3 aromatic rings. The first-order valence-electron chi connectivity index (χ1n) is 7.69. The van der Waals surface area contributed by atoms with Crippen LogP contribution in [0.15, 0.2) is 60.8 Å². The third-order valence-electron chi connectivity index (χ3n) is 3.52. The van der Waals surface area contributed by atoms with Crippen LogP contribution < -0.4 is 15.4 Å². The maximum absolute atomic E-state index is 12.3. The highest BCUT2D eigenvalue weighted by Gasteiger charge is 2.09. The average molecular weight is 388 g/mol. The number of rotatable bonds is 5. The molecule has 0 aliphatic rings. The maximum atomic E-state index is 12.3. The zero-order valence-electron chi connectivity index (χ0n) is 13.8. The second kappa shape index (κ2) is 8.08. The zero-order chi connectivity index (χ0) is 18.5. The number of amides is 1. The predicted octanol–water partition coefficient (Wildman–Crippen LogP) is 5.39. The highest BCUT2D eigenvalue weighted by molar-refractivity contribution is 6.35. The van der Waals surface area contributed by atoms with Gasteiger partial charge in [0.1, 0.15) is 11.6 Å². The summed E-state index contributed by atoms with van der Waals surface area (Å²) in [5, 5.41) is 6.78. The number of halogens is 2. The number of benzene rings is 2. The van der Waals surface area contributed by atoms with Crippen LogP contribution in [0.3, 0.4) is 0 Å². The Morgan fingerprint density at radius 2 is 1.77 bits per heavy atom. The lowest BCUT2D eigenvalue weighted by molar-refractivity contribution is 0.102. The molecule has 1 amide bonds. The molecule has 2 N–H and O–H groups in total. The summed E-state index contributed by atoms with van der Waals surface area (Å²) >= 11 is 11.9. The summed E-state index contributed by atoms with van der Waals surface area (Å²) in [6, 6.07) is 15.7. The fraction of sp³-hybridized carbons (Fsp3) is 0.0526. The Morgan fingerprint density at radius 1 is 1.04 bits per heavy atom. The summed E-state index contributed by atoms with van der Waals surface area (Å²) in [5.41, 5.74) is 1.71. The van der Waals surface area contributed by atoms with Crippen molar-refractivity contribution in [1.82, 2.24) is 4.98 Å². The number of hydrogen-bond acceptors (Lipinski definition) is 4. The van der Waals surface area contributed by atoms with Crippen molar-refractivity contribution in [1.29, 1.82) is 0 Å². The molecule has 0 radical (unpaired) electrons. The van der Waals surface area contributed by atoms with Crippen LogP contribution in [0.25, 0.3) is 0 Å². The van der Waals surface area contributed by atoms with Crippen molar-refractivity contribution in [3.63, 3.8) is 0 Å². The van der Waals surface area contributed by atoms with Crippen LogP contribution in [-0.2, 0) is 0 Å². The molecule has 0 saturated carbocycles. The fourth-order valence-corrected chi connectivity index (χ4v) is 2.84. The van der Waals surface area contributed by atoms with E-state index in [1.165, 1.54) is 6.20 Å². The lowest BCUT2D eigenvalue weighted by Crippen LogP contribution is -2.12. The number of carbonyl (C=O) groups is 1. The van der Waals surface area contributed by atoms with E-state index in [2.05, 4.69) is 15.6 Å².